The van der Waals surface area contributed by atoms with Gasteiger partial charge in [0.05, 0.1) is 11.3 Å². The zero-order valence-electron chi connectivity index (χ0n) is 13.1. The van der Waals surface area contributed by atoms with E-state index in [9.17, 15) is 4.79 Å². The van der Waals surface area contributed by atoms with Gasteiger partial charge in [-0.1, -0.05) is 33.3 Å². The number of carbonyl (C=O) groups excluding carboxylic acids is 1. The van der Waals surface area contributed by atoms with Gasteiger partial charge in [-0.3, -0.25) is 4.79 Å². The average Bonchev–Trinajstić information content (AvgIpc) is 2.40. The molecular weight excluding hydrogens is 264 g/mol. The first kappa shape index (κ1) is 15.7. The number of ether oxygens (including phenoxy) is 1. The fraction of sp³-hybridized carbons (Fsp3) is 0.588. The molecule has 1 fully saturated rings. The Hall–Kier alpha value is -1.71. The summed E-state index contributed by atoms with van der Waals surface area (Å²) < 4.78 is 6.19. The molecule has 0 saturated heterocycles. The van der Waals surface area contributed by atoms with Crippen LogP contribution in [0, 0.1) is 17.8 Å². The Morgan fingerprint density at radius 2 is 2.05 bits per heavy atom. The molecule has 21 heavy (non-hydrogen) atoms. The van der Waals surface area contributed by atoms with E-state index in [1.165, 1.54) is 12.8 Å². The smallest absolute Gasteiger partial charge is 0.250 e. The van der Waals surface area contributed by atoms with Gasteiger partial charge in [0.1, 0.15) is 11.9 Å². The Balaban J connectivity index is 2.23. The van der Waals surface area contributed by atoms with E-state index in [0.29, 0.717) is 34.8 Å². The van der Waals surface area contributed by atoms with E-state index in [4.69, 9.17) is 16.2 Å². The average molecular weight is 290 g/mol. The third-order valence-corrected chi connectivity index (χ3v) is 4.57. The molecule has 1 saturated carbocycles. The molecule has 116 valence electrons. The van der Waals surface area contributed by atoms with Crippen LogP contribution < -0.4 is 16.2 Å². The third-order valence-electron chi connectivity index (χ3n) is 4.57. The van der Waals surface area contributed by atoms with Crippen molar-refractivity contribution in [2.45, 2.75) is 46.1 Å². The number of carbonyl (C=O) groups is 1. The normalized spacial score (nSPS) is 25.8. The quantitative estimate of drug-likeness (QED) is 0.836. The van der Waals surface area contributed by atoms with Crippen LogP contribution in [0.3, 0.4) is 0 Å². The van der Waals surface area contributed by atoms with Crippen molar-refractivity contribution in [1.29, 1.82) is 0 Å². The lowest BCUT2D eigenvalue weighted by Crippen LogP contribution is -2.36. The summed E-state index contributed by atoms with van der Waals surface area (Å²) in [6.45, 7) is 6.73. The summed E-state index contributed by atoms with van der Waals surface area (Å²) >= 11 is 0. The lowest BCUT2D eigenvalue weighted by molar-refractivity contribution is 0.0465. The molecule has 1 aromatic carbocycles. The van der Waals surface area contributed by atoms with Gasteiger partial charge in [0.2, 0.25) is 0 Å². The fourth-order valence-corrected chi connectivity index (χ4v) is 3.27. The van der Waals surface area contributed by atoms with Crippen LogP contribution in [0.2, 0.25) is 0 Å². The van der Waals surface area contributed by atoms with Crippen LogP contribution in [0.4, 0.5) is 5.69 Å². The van der Waals surface area contributed by atoms with E-state index in [0.717, 1.165) is 6.42 Å². The molecule has 0 heterocycles. The number of amides is 1. The fourth-order valence-electron chi connectivity index (χ4n) is 3.27. The van der Waals surface area contributed by atoms with Gasteiger partial charge in [-0.05, 0) is 42.7 Å². The number of primary amides is 1. The second-order valence-electron chi connectivity index (χ2n) is 6.56. The first-order chi connectivity index (χ1) is 9.90. The Bertz CT molecular complexity index is 514. The predicted octanol–water partition coefficient (Wildman–Crippen LogP) is 3.21. The van der Waals surface area contributed by atoms with Gasteiger partial charge in [0.15, 0.2) is 0 Å². The molecule has 0 aromatic heterocycles. The van der Waals surface area contributed by atoms with Crippen molar-refractivity contribution in [2.24, 2.45) is 23.5 Å². The maximum absolute atomic E-state index is 11.4. The highest BCUT2D eigenvalue weighted by molar-refractivity contribution is 5.99. The van der Waals surface area contributed by atoms with Gasteiger partial charge < -0.3 is 16.2 Å². The summed E-state index contributed by atoms with van der Waals surface area (Å²) in [4.78, 5) is 11.4. The number of benzene rings is 1. The molecule has 4 nitrogen and oxygen atoms in total. The van der Waals surface area contributed by atoms with E-state index < -0.39 is 5.91 Å². The number of anilines is 1. The maximum atomic E-state index is 11.4. The van der Waals surface area contributed by atoms with E-state index in [1.54, 1.807) is 12.1 Å². The highest BCUT2D eigenvalue weighted by atomic mass is 16.5. The Labute approximate surface area is 126 Å². The van der Waals surface area contributed by atoms with Crippen molar-refractivity contribution in [3.63, 3.8) is 0 Å². The highest BCUT2D eigenvalue weighted by Crippen LogP contribution is 2.37. The van der Waals surface area contributed by atoms with E-state index >= 15 is 0 Å². The summed E-state index contributed by atoms with van der Waals surface area (Å²) in [5.41, 5.74) is 12.1. The van der Waals surface area contributed by atoms with E-state index in [1.807, 2.05) is 6.07 Å². The van der Waals surface area contributed by atoms with Gasteiger partial charge in [-0.2, -0.15) is 0 Å². The van der Waals surface area contributed by atoms with Crippen LogP contribution >= 0.6 is 0 Å². The number of rotatable bonds is 4. The molecule has 0 aliphatic heterocycles. The van der Waals surface area contributed by atoms with Gasteiger partial charge in [-0.15, -0.1) is 0 Å². The molecule has 2 rings (SSSR count). The molecule has 1 amide bonds. The standard InChI is InChI=1S/C17H26N2O2/c1-10(2)12-8-7-11(3)9-15(12)21-14-6-4-5-13(16(14)18)17(19)20/h4-6,10-12,15H,7-9,18H2,1-3H3,(H2,19,20). The summed E-state index contributed by atoms with van der Waals surface area (Å²) in [5.74, 6) is 1.82. The monoisotopic (exact) mass is 290 g/mol. The summed E-state index contributed by atoms with van der Waals surface area (Å²) in [6, 6.07) is 5.22. The number of nitrogen functional groups attached to an aromatic ring is 1. The second-order valence-corrected chi connectivity index (χ2v) is 6.56. The van der Waals surface area contributed by atoms with Crippen molar-refractivity contribution in [3.8, 4) is 5.75 Å². The Morgan fingerprint density at radius 3 is 2.67 bits per heavy atom. The van der Waals surface area contributed by atoms with Crippen molar-refractivity contribution >= 4 is 11.6 Å². The van der Waals surface area contributed by atoms with Crippen molar-refractivity contribution in [2.75, 3.05) is 5.73 Å². The second kappa shape index (κ2) is 6.37. The minimum absolute atomic E-state index is 0.152. The zero-order chi connectivity index (χ0) is 15.6. The molecule has 1 aliphatic carbocycles. The van der Waals surface area contributed by atoms with Crippen LogP contribution in [0.1, 0.15) is 50.4 Å². The largest absolute Gasteiger partial charge is 0.488 e. The van der Waals surface area contributed by atoms with Gasteiger partial charge in [0, 0.05) is 0 Å². The van der Waals surface area contributed by atoms with Gasteiger partial charge >= 0.3 is 0 Å². The molecular formula is C17H26N2O2. The number of para-hydroxylation sites is 1. The van der Waals surface area contributed by atoms with Crippen LogP contribution in [-0.2, 0) is 0 Å². The topological polar surface area (TPSA) is 78.3 Å². The Kier molecular flexibility index (Phi) is 4.76. The lowest BCUT2D eigenvalue weighted by Gasteiger charge is -2.37. The van der Waals surface area contributed by atoms with Crippen molar-refractivity contribution in [1.82, 2.24) is 0 Å². The maximum Gasteiger partial charge on any atom is 0.250 e. The molecule has 0 spiro atoms. The van der Waals surface area contributed by atoms with Crippen LogP contribution in [0.15, 0.2) is 18.2 Å². The third kappa shape index (κ3) is 3.49. The summed E-state index contributed by atoms with van der Waals surface area (Å²) in [6.07, 6.45) is 3.61. The summed E-state index contributed by atoms with van der Waals surface area (Å²) in [7, 11) is 0. The minimum atomic E-state index is -0.518. The van der Waals surface area contributed by atoms with E-state index in [2.05, 4.69) is 20.8 Å². The number of hydrogen-bond acceptors (Lipinski definition) is 3. The molecule has 1 aromatic rings. The molecule has 1 aliphatic rings. The molecule has 0 radical (unpaired) electrons. The number of nitrogens with two attached hydrogens (primary N) is 2. The number of hydrogen-bond donors (Lipinski definition) is 2. The van der Waals surface area contributed by atoms with Crippen LogP contribution in [0.5, 0.6) is 5.75 Å². The molecule has 4 heteroatoms. The molecule has 0 bridgehead atoms. The van der Waals surface area contributed by atoms with E-state index in [-0.39, 0.29) is 6.10 Å². The molecule has 3 atom stereocenters. The minimum Gasteiger partial charge on any atom is -0.488 e. The zero-order valence-corrected chi connectivity index (χ0v) is 13.1. The van der Waals surface area contributed by atoms with Crippen LogP contribution in [0.25, 0.3) is 0 Å². The highest BCUT2D eigenvalue weighted by Gasteiger charge is 2.32. The SMILES string of the molecule is CC1CCC(C(C)C)C(Oc2cccc(C(N)=O)c2N)C1. The molecule has 3 unspecified atom stereocenters. The van der Waals surface area contributed by atoms with Crippen LogP contribution in [-0.4, -0.2) is 12.0 Å². The Morgan fingerprint density at radius 1 is 1.33 bits per heavy atom. The van der Waals surface area contributed by atoms with Gasteiger partial charge in [-0.25, -0.2) is 0 Å². The summed E-state index contributed by atoms with van der Waals surface area (Å²) in [5, 5.41) is 0. The lowest BCUT2D eigenvalue weighted by atomic mass is 9.75. The molecule has 4 N–H and O–H groups in total. The first-order valence-electron chi connectivity index (χ1n) is 7.75. The van der Waals surface area contributed by atoms with Crippen molar-refractivity contribution in [3.05, 3.63) is 23.8 Å². The van der Waals surface area contributed by atoms with Gasteiger partial charge in [0.25, 0.3) is 5.91 Å². The van der Waals surface area contributed by atoms with Crippen molar-refractivity contribution < 1.29 is 9.53 Å². The predicted molar refractivity (Wildman–Crippen MR) is 85.1 cm³/mol. The first-order valence-corrected chi connectivity index (χ1v) is 7.75.